The molecule has 3 unspecified atom stereocenters. The van der Waals surface area contributed by atoms with Crippen molar-refractivity contribution < 1.29 is 19.1 Å². The zero-order valence-corrected chi connectivity index (χ0v) is 20.2. The molecule has 35 heavy (non-hydrogen) atoms. The van der Waals surface area contributed by atoms with Crippen molar-refractivity contribution in [1.29, 1.82) is 0 Å². The number of rotatable bonds is 9. The number of carbonyl (C=O) groups is 3. The predicted molar refractivity (Wildman–Crippen MR) is 134 cm³/mol. The fourth-order valence-corrected chi connectivity index (χ4v) is 5.25. The van der Waals surface area contributed by atoms with E-state index in [4.69, 9.17) is 11.2 Å². The number of aromatic nitrogens is 1. The van der Waals surface area contributed by atoms with E-state index in [2.05, 4.69) is 26.9 Å². The van der Waals surface area contributed by atoms with Crippen LogP contribution in [0.3, 0.4) is 0 Å². The van der Waals surface area contributed by atoms with E-state index in [1.807, 2.05) is 18.2 Å². The maximum atomic E-state index is 13.3. The normalized spacial score (nSPS) is 20.0. The summed E-state index contributed by atoms with van der Waals surface area (Å²) in [6.07, 6.45) is 12.9. The Bertz CT molecular complexity index is 1110. The summed E-state index contributed by atoms with van der Waals surface area (Å²) in [6, 6.07) is 6.01. The van der Waals surface area contributed by atoms with Gasteiger partial charge in [0.25, 0.3) is 5.91 Å². The average molecular weight is 479 g/mol. The number of carbonyl (C=O) groups excluding carboxylic acids is 3. The molecule has 8 nitrogen and oxygen atoms in total. The monoisotopic (exact) mass is 478 g/mol. The van der Waals surface area contributed by atoms with Gasteiger partial charge in [-0.2, -0.15) is 0 Å². The molecule has 8 heteroatoms. The van der Waals surface area contributed by atoms with Gasteiger partial charge in [0.2, 0.25) is 11.8 Å². The summed E-state index contributed by atoms with van der Waals surface area (Å²) in [6.45, 7) is 0.629. The molecule has 1 aromatic heterocycles. The minimum absolute atomic E-state index is 0.0270. The summed E-state index contributed by atoms with van der Waals surface area (Å²) in [4.78, 5) is 41.6. The van der Waals surface area contributed by atoms with Gasteiger partial charge in [0.15, 0.2) is 0 Å². The highest BCUT2D eigenvalue weighted by atomic mass is 16.5. The van der Waals surface area contributed by atoms with E-state index in [1.54, 1.807) is 13.2 Å². The van der Waals surface area contributed by atoms with Gasteiger partial charge >= 0.3 is 0 Å². The number of fused-ring (bicyclic) bond motifs is 1. The standard InChI is InChI=1S/C27H34N4O4/c1-3-19(15-18-12-13-28-25(18)32)29-26(33)22(14-17-8-5-4-6-9-17)31-27(34)23-16-20-21(30-23)10-7-11-24(20)35-2/h1,7,10-11,16-19,22,30H,4-6,8-9,12-15H2,2H3,(H,28,32)(H,29,33)(H,31,34). The van der Waals surface area contributed by atoms with Crippen molar-refractivity contribution in [2.24, 2.45) is 11.8 Å². The smallest absolute Gasteiger partial charge is 0.268 e. The molecule has 1 aromatic carbocycles. The molecule has 1 saturated carbocycles. The molecule has 0 spiro atoms. The van der Waals surface area contributed by atoms with Crippen molar-refractivity contribution in [2.45, 2.75) is 63.5 Å². The summed E-state index contributed by atoms with van der Waals surface area (Å²) < 4.78 is 5.40. The van der Waals surface area contributed by atoms with Crippen LogP contribution in [-0.4, -0.2) is 48.4 Å². The van der Waals surface area contributed by atoms with Gasteiger partial charge in [-0.1, -0.05) is 44.1 Å². The Hall–Kier alpha value is -3.47. The molecule has 3 atom stereocenters. The van der Waals surface area contributed by atoms with Crippen LogP contribution in [0.5, 0.6) is 5.75 Å². The van der Waals surface area contributed by atoms with Gasteiger partial charge in [-0.05, 0) is 43.4 Å². The summed E-state index contributed by atoms with van der Waals surface area (Å²) in [5.41, 5.74) is 1.15. The molecule has 2 heterocycles. The highest BCUT2D eigenvalue weighted by Crippen LogP contribution is 2.28. The van der Waals surface area contributed by atoms with Crippen molar-refractivity contribution >= 4 is 28.6 Å². The number of ether oxygens (including phenoxy) is 1. The van der Waals surface area contributed by atoms with Gasteiger partial charge in [-0.25, -0.2) is 0 Å². The minimum Gasteiger partial charge on any atom is -0.496 e. The third-order valence-corrected chi connectivity index (χ3v) is 7.20. The zero-order valence-electron chi connectivity index (χ0n) is 20.2. The van der Waals surface area contributed by atoms with Crippen LogP contribution in [0.15, 0.2) is 24.3 Å². The number of aromatic amines is 1. The number of methoxy groups -OCH3 is 1. The first-order valence-corrected chi connectivity index (χ1v) is 12.5. The van der Waals surface area contributed by atoms with Gasteiger partial charge in [0.05, 0.1) is 13.2 Å². The third kappa shape index (κ3) is 5.97. The van der Waals surface area contributed by atoms with Gasteiger partial charge in [0, 0.05) is 23.4 Å². The maximum absolute atomic E-state index is 13.3. The summed E-state index contributed by atoms with van der Waals surface area (Å²) in [5, 5.41) is 9.45. The van der Waals surface area contributed by atoms with E-state index < -0.39 is 12.1 Å². The van der Waals surface area contributed by atoms with E-state index in [1.165, 1.54) is 6.42 Å². The van der Waals surface area contributed by atoms with E-state index in [-0.39, 0.29) is 23.6 Å². The molecule has 3 amide bonds. The number of H-pyrrole nitrogens is 1. The van der Waals surface area contributed by atoms with Crippen LogP contribution < -0.4 is 20.7 Å². The van der Waals surface area contributed by atoms with Crippen LogP contribution in [0.4, 0.5) is 0 Å². The third-order valence-electron chi connectivity index (χ3n) is 7.20. The zero-order chi connectivity index (χ0) is 24.8. The summed E-state index contributed by atoms with van der Waals surface area (Å²) >= 11 is 0. The lowest BCUT2D eigenvalue weighted by atomic mass is 9.84. The Balaban J connectivity index is 1.48. The van der Waals surface area contributed by atoms with Crippen molar-refractivity contribution in [2.75, 3.05) is 13.7 Å². The van der Waals surface area contributed by atoms with Crippen molar-refractivity contribution in [3.8, 4) is 18.1 Å². The topological polar surface area (TPSA) is 112 Å². The number of terminal acetylenes is 1. The average Bonchev–Trinajstić information content (AvgIpc) is 3.49. The van der Waals surface area contributed by atoms with Crippen LogP contribution in [0.1, 0.15) is 61.9 Å². The quantitative estimate of drug-likeness (QED) is 0.415. The first-order valence-electron chi connectivity index (χ1n) is 12.5. The van der Waals surface area contributed by atoms with Gasteiger partial charge in [0.1, 0.15) is 17.5 Å². The molecule has 2 aliphatic rings. The minimum atomic E-state index is -0.716. The molecule has 186 valence electrons. The molecule has 0 bridgehead atoms. The second-order valence-electron chi connectivity index (χ2n) is 9.61. The maximum Gasteiger partial charge on any atom is 0.268 e. The number of hydrogen-bond donors (Lipinski definition) is 4. The van der Waals surface area contributed by atoms with Crippen molar-refractivity contribution in [1.82, 2.24) is 20.9 Å². The molecular formula is C27H34N4O4. The fraction of sp³-hybridized carbons (Fsp3) is 0.519. The van der Waals surface area contributed by atoms with Crippen molar-refractivity contribution in [3.63, 3.8) is 0 Å². The van der Waals surface area contributed by atoms with Crippen LogP contribution in [-0.2, 0) is 9.59 Å². The van der Waals surface area contributed by atoms with E-state index in [9.17, 15) is 14.4 Å². The highest BCUT2D eigenvalue weighted by molar-refractivity contribution is 6.01. The van der Waals surface area contributed by atoms with E-state index in [0.717, 1.165) is 36.6 Å². The molecule has 2 aromatic rings. The largest absolute Gasteiger partial charge is 0.496 e. The van der Waals surface area contributed by atoms with Gasteiger partial charge in [-0.15, -0.1) is 6.42 Å². The molecule has 2 fully saturated rings. The Labute approximate surface area is 205 Å². The van der Waals surface area contributed by atoms with Gasteiger partial charge < -0.3 is 25.7 Å². The lowest BCUT2D eigenvalue weighted by Gasteiger charge is -2.27. The number of benzene rings is 1. The Morgan fingerprint density at radius 1 is 1.17 bits per heavy atom. The second-order valence-corrected chi connectivity index (χ2v) is 9.61. The van der Waals surface area contributed by atoms with Crippen LogP contribution in [0.2, 0.25) is 0 Å². The first-order chi connectivity index (χ1) is 17.0. The molecule has 4 N–H and O–H groups in total. The molecule has 4 rings (SSSR count). The first kappa shape index (κ1) is 24.6. The second kappa shape index (κ2) is 11.3. The lowest BCUT2D eigenvalue weighted by molar-refractivity contribution is -0.125. The molecular weight excluding hydrogens is 444 g/mol. The van der Waals surface area contributed by atoms with Crippen LogP contribution in [0.25, 0.3) is 10.9 Å². The van der Waals surface area contributed by atoms with Gasteiger partial charge in [-0.3, -0.25) is 14.4 Å². The summed E-state index contributed by atoms with van der Waals surface area (Å²) in [5.74, 6) is 2.75. The van der Waals surface area contributed by atoms with E-state index in [0.29, 0.717) is 43.2 Å². The highest BCUT2D eigenvalue weighted by Gasteiger charge is 2.31. The predicted octanol–water partition coefficient (Wildman–Crippen LogP) is 2.89. The molecule has 0 radical (unpaired) electrons. The van der Waals surface area contributed by atoms with Crippen LogP contribution >= 0.6 is 0 Å². The SMILES string of the molecule is C#CC(CC1CCNC1=O)NC(=O)C(CC1CCCCC1)NC(=O)c1cc2c(OC)cccc2[nH]1. The lowest BCUT2D eigenvalue weighted by Crippen LogP contribution is -2.50. The Morgan fingerprint density at radius 2 is 1.97 bits per heavy atom. The number of amides is 3. The Kier molecular flexibility index (Phi) is 7.96. The fourth-order valence-electron chi connectivity index (χ4n) is 5.25. The van der Waals surface area contributed by atoms with Crippen LogP contribution in [0, 0.1) is 24.2 Å². The summed E-state index contributed by atoms with van der Waals surface area (Å²) in [7, 11) is 1.59. The van der Waals surface area contributed by atoms with E-state index >= 15 is 0 Å². The number of hydrogen-bond acceptors (Lipinski definition) is 4. The molecule has 1 saturated heterocycles. The number of nitrogens with one attached hydrogen (secondary N) is 4. The molecule has 1 aliphatic heterocycles. The molecule has 1 aliphatic carbocycles. The Morgan fingerprint density at radius 3 is 2.66 bits per heavy atom. The van der Waals surface area contributed by atoms with Crippen molar-refractivity contribution in [3.05, 3.63) is 30.0 Å².